The van der Waals surface area contributed by atoms with Gasteiger partial charge >= 0.3 is 0 Å². The van der Waals surface area contributed by atoms with Crippen molar-refractivity contribution >= 4 is 34.1 Å². The minimum atomic E-state index is 0.698. The number of aryl methyl sites for hydroxylation is 1. The van der Waals surface area contributed by atoms with Gasteiger partial charge in [0, 0.05) is 29.2 Å². The van der Waals surface area contributed by atoms with E-state index in [2.05, 4.69) is 22.1 Å². The maximum atomic E-state index is 6.18. The van der Waals surface area contributed by atoms with Crippen LogP contribution in [0.4, 0.5) is 0 Å². The van der Waals surface area contributed by atoms with Gasteiger partial charge in [-0.05, 0) is 44.0 Å². The molecule has 96 valence electrons. The lowest BCUT2D eigenvalue weighted by Crippen LogP contribution is -2.18. The molecule has 2 aromatic rings. The maximum Gasteiger partial charge on any atom is 0.0514 e. The van der Waals surface area contributed by atoms with Gasteiger partial charge < -0.3 is 9.88 Å². The van der Waals surface area contributed by atoms with Crippen LogP contribution in [0.5, 0.6) is 0 Å². The standard InChI is InChI=1S/C14H16Cl2N2/c15-10-8-13(16)12-4-7-18(14(12)9-10)6-1-5-17-11-2-3-11/h4,7-9,11,17H,1-3,5-6H2. The lowest BCUT2D eigenvalue weighted by molar-refractivity contribution is 0.588. The van der Waals surface area contributed by atoms with Crippen LogP contribution in [0.1, 0.15) is 19.3 Å². The van der Waals surface area contributed by atoms with Crippen molar-refractivity contribution in [1.82, 2.24) is 9.88 Å². The van der Waals surface area contributed by atoms with Crippen molar-refractivity contribution in [2.24, 2.45) is 0 Å². The average molecular weight is 283 g/mol. The van der Waals surface area contributed by atoms with Gasteiger partial charge in [0.25, 0.3) is 0 Å². The summed E-state index contributed by atoms with van der Waals surface area (Å²) in [5, 5.41) is 6.03. The van der Waals surface area contributed by atoms with E-state index in [4.69, 9.17) is 23.2 Å². The molecular formula is C14H16Cl2N2. The second-order valence-corrected chi connectivity index (χ2v) is 5.76. The van der Waals surface area contributed by atoms with Gasteiger partial charge in [-0.3, -0.25) is 0 Å². The summed E-state index contributed by atoms with van der Waals surface area (Å²) in [5.41, 5.74) is 1.12. The van der Waals surface area contributed by atoms with Gasteiger partial charge in [-0.25, -0.2) is 0 Å². The molecule has 1 saturated carbocycles. The molecule has 2 nitrogen and oxygen atoms in total. The lowest BCUT2D eigenvalue weighted by atomic mass is 10.2. The largest absolute Gasteiger partial charge is 0.347 e. The summed E-state index contributed by atoms with van der Waals surface area (Å²) in [6, 6.07) is 6.62. The maximum absolute atomic E-state index is 6.18. The average Bonchev–Trinajstić information content (AvgIpc) is 3.06. The van der Waals surface area contributed by atoms with Crippen molar-refractivity contribution in [3.05, 3.63) is 34.4 Å². The van der Waals surface area contributed by atoms with Crippen molar-refractivity contribution in [1.29, 1.82) is 0 Å². The van der Waals surface area contributed by atoms with Crippen LogP contribution in [-0.2, 0) is 6.54 Å². The van der Waals surface area contributed by atoms with Crippen LogP contribution < -0.4 is 5.32 Å². The van der Waals surface area contributed by atoms with Gasteiger partial charge in [-0.2, -0.15) is 0 Å². The fourth-order valence-electron chi connectivity index (χ4n) is 2.26. The Kier molecular flexibility index (Phi) is 3.51. The number of fused-ring (bicyclic) bond motifs is 1. The van der Waals surface area contributed by atoms with Crippen LogP contribution in [0, 0.1) is 0 Å². The molecule has 1 N–H and O–H groups in total. The summed E-state index contributed by atoms with van der Waals surface area (Å²) in [6.07, 6.45) is 5.91. The molecule has 1 heterocycles. The van der Waals surface area contributed by atoms with E-state index in [0.29, 0.717) is 5.02 Å². The van der Waals surface area contributed by atoms with E-state index in [9.17, 15) is 0 Å². The van der Waals surface area contributed by atoms with E-state index in [0.717, 1.165) is 41.5 Å². The molecule has 0 aliphatic heterocycles. The Morgan fingerprint density at radius 3 is 2.89 bits per heavy atom. The monoisotopic (exact) mass is 282 g/mol. The molecule has 0 radical (unpaired) electrons. The summed E-state index contributed by atoms with van der Waals surface area (Å²) < 4.78 is 2.22. The fourth-order valence-corrected chi connectivity index (χ4v) is 2.80. The normalized spacial score (nSPS) is 15.4. The van der Waals surface area contributed by atoms with E-state index in [1.54, 1.807) is 6.07 Å². The Morgan fingerprint density at radius 1 is 1.28 bits per heavy atom. The van der Waals surface area contributed by atoms with Crippen LogP contribution in [0.3, 0.4) is 0 Å². The fraction of sp³-hybridized carbons (Fsp3) is 0.429. The predicted octanol–water partition coefficient (Wildman–Crippen LogP) is 4.09. The first-order valence-corrected chi connectivity index (χ1v) is 7.17. The van der Waals surface area contributed by atoms with Crippen molar-refractivity contribution in [2.45, 2.75) is 31.8 Å². The van der Waals surface area contributed by atoms with Gasteiger partial charge in [-0.15, -0.1) is 0 Å². The molecule has 0 bridgehead atoms. The Morgan fingerprint density at radius 2 is 2.11 bits per heavy atom. The first kappa shape index (κ1) is 12.3. The van der Waals surface area contributed by atoms with E-state index < -0.39 is 0 Å². The number of rotatable bonds is 5. The summed E-state index contributed by atoms with van der Waals surface area (Å²) in [7, 11) is 0. The molecule has 0 amide bonds. The van der Waals surface area contributed by atoms with Crippen LogP contribution in [0.25, 0.3) is 10.9 Å². The molecule has 18 heavy (non-hydrogen) atoms. The summed E-state index contributed by atoms with van der Waals surface area (Å²) in [5.74, 6) is 0. The molecule has 0 saturated heterocycles. The third-order valence-corrected chi connectivity index (χ3v) is 3.92. The highest BCUT2D eigenvalue weighted by Gasteiger charge is 2.19. The van der Waals surface area contributed by atoms with E-state index >= 15 is 0 Å². The molecule has 4 heteroatoms. The van der Waals surface area contributed by atoms with Gasteiger partial charge in [0.15, 0.2) is 0 Å². The number of benzene rings is 1. The SMILES string of the molecule is Clc1cc(Cl)c2ccn(CCCNC3CC3)c2c1. The zero-order valence-electron chi connectivity index (χ0n) is 10.1. The zero-order chi connectivity index (χ0) is 12.5. The van der Waals surface area contributed by atoms with Crippen LogP contribution in [0.2, 0.25) is 10.0 Å². The van der Waals surface area contributed by atoms with E-state index in [1.165, 1.54) is 12.8 Å². The molecular weight excluding hydrogens is 267 g/mol. The molecule has 1 aliphatic rings. The quantitative estimate of drug-likeness (QED) is 0.818. The summed E-state index contributed by atoms with van der Waals surface area (Å²) in [6.45, 7) is 2.08. The number of hydrogen-bond donors (Lipinski definition) is 1. The van der Waals surface area contributed by atoms with Crippen molar-refractivity contribution in [2.75, 3.05) is 6.54 Å². The third-order valence-electron chi connectivity index (χ3n) is 3.39. The Balaban J connectivity index is 1.70. The Bertz CT molecular complexity index is 558. The Hall–Kier alpha value is -0.700. The summed E-state index contributed by atoms with van der Waals surface area (Å²) in [4.78, 5) is 0. The topological polar surface area (TPSA) is 17.0 Å². The minimum absolute atomic E-state index is 0.698. The number of nitrogens with one attached hydrogen (secondary N) is 1. The second kappa shape index (κ2) is 5.12. The highest BCUT2D eigenvalue weighted by molar-refractivity contribution is 6.38. The number of halogens is 2. The molecule has 0 atom stereocenters. The second-order valence-electron chi connectivity index (χ2n) is 4.91. The molecule has 1 fully saturated rings. The van der Waals surface area contributed by atoms with Gasteiger partial charge in [0.05, 0.1) is 10.5 Å². The van der Waals surface area contributed by atoms with Crippen molar-refractivity contribution < 1.29 is 0 Å². The molecule has 1 aromatic carbocycles. The molecule has 0 spiro atoms. The number of hydrogen-bond acceptors (Lipinski definition) is 1. The molecule has 0 unspecified atom stereocenters. The number of aromatic nitrogens is 1. The molecule has 3 rings (SSSR count). The molecule has 1 aliphatic carbocycles. The van der Waals surface area contributed by atoms with Crippen LogP contribution in [-0.4, -0.2) is 17.2 Å². The summed E-state index contributed by atoms with van der Waals surface area (Å²) >= 11 is 12.2. The van der Waals surface area contributed by atoms with Gasteiger partial charge in [-0.1, -0.05) is 23.2 Å². The zero-order valence-corrected chi connectivity index (χ0v) is 11.6. The lowest BCUT2D eigenvalue weighted by Gasteiger charge is -2.07. The predicted molar refractivity (Wildman–Crippen MR) is 77.6 cm³/mol. The van der Waals surface area contributed by atoms with E-state index in [-0.39, 0.29) is 0 Å². The molecule has 1 aromatic heterocycles. The number of nitrogens with zero attached hydrogens (tertiary/aromatic N) is 1. The van der Waals surface area contributed by atoms with Crippen molar-refractivity contribution in [3.63, 3.8) is 0 Å². The van der Waals surface area contributed by atoms with Crippen LogP contribution in [0.15, 0.2) is 24.4 Å². The van der Waals surface area contributed by atoms with Gasteiger partial charge in [0.1, 0.15) is 0 Å². The third kappa shape index (κ3) is 2.66. The van der Waals surface area contributed by atoms with E-state index in [1.807, 2.05) is 6.07 Å². The smallest absolute Gasteiger partial charge is 0.0514 e. The highest BCUT2D eigenvalue weighted by Crippen LogP contribution is 2.28. The Labute approximate surface area is 117 Å². The highest BCUT2D eigenvalue weighted by atomic mass is 35.5. The van der Waals surface area contributed by atoms with Crippen LogP contribution >= 0.6 is 23.2 Å². The van der Waals surface area contributed by atoms with Crippen molar-refractivity contribution in [3.8, 4) is 0 Å². The van der Waals surface area contributed by atoms with Gasteiger partial charge in [0.2, 0.25) is 0 Å². The first-order valence-electron chi connectivity index (χ1n) is 6.41. The first-order chi connectivity index (χ1) is 8.74. The minimum Gasteiger partial charge on any atom is -0.347 e.